The molecule has 0 aromatic carbocycles. The van der Waals surface area contributed by atoms with Gasteiger partial charge in [0.05, 0.1) is 0 Å². The Bertz CT molecular complexity index is 1090. The molecule has 0 aliphatic carbocycles. The first-order valence-electron chi connectivity index (χ1n) is 15.1. The minimum absolute atomic E-state index is 0.301. The third-order valence-corrected chi connectivity index (χ3v) is 7.98. The Kier molecular flexibility index (Phi) is 9.13. The zero-order valence-corrected chi connectivity index (χ0v) is 27.7. The van der Waals surface area contributed by atoms with Crippen LogP contribution in [0.3, 0.4) is 0 Å². The molecule has 0 bridgehead atoms. The van der Waals surface area contributed by atoms with Crippen LogP contribution in [0.1, 0.15) is 81.1 Å². The van der Waals surface area contributed by atoms with Gasteiger partial charge in [-0.15, -0.1) is 0 Å². The number of likely N-dealkylation sites (tertiary alicyclic amines) is 2. The molecular formula is C31H48N2O11. The minimum Gasteiger partial charge on any atom is -0.444 e. The monoisotopic (exact) mass is 624 g/mol. The maximum Gasteiger partial charge on any atom is 0.410 e. The number of carbonyl (C=O) groups is 3. The number of methoxy groups -OCH3 is 2. The van der Waals surface area contributed by atoms with E-state index >= 15 is 0 Å². The molecule has 0 aromatic rings. The summed E-state index contributed by atoms with van der Waals surface area (Å²) in [6, 6.07) is 0. The number of allylic oxidation sites excluding steroid dienone is 2. The lowest BCUT2D eigenvalue weighted by molar-refractivity contribution is -0.324. The minimum atomic E-state index is -1.41. The van der Waals surface area contributed by atoms with Crippen molar-refractivity contribution in [1.82, 2.24) is 9.80 Å². The van der Waals surface area contributed by atoms with Crippen molar-refractivity contribution in [1.29, 1.82) is 0 Å². The highest BCUT2D eigenvalue weighted by Gasteiger charge is 2.57. The van der Waals surface area contributed by atoms with E-state index in [2.05, 4.69) is 0 Å². The van der Waals surface area contributed by atoms with Crippen LogP contribution in [0.4, 0.5) is 9.59 Å². The fourth-order valence-electron chi connectivity index (χ4n) is 5.68. The van der Waals surface area contributed by atoms with E-state index in [0.717, 1.165) is 0 Å². The van der Waals surface area contributed by atoms with Crippen LogP contribution in [0.15, 0.2) is 23.7 Å². The molecule has 0 aromatic heterocycles. The average molecular weight is 625 g/mol. The summed E-state index contributed by atoms with van der Waals surface area (Å²) in [7, 11) is 2.91. The van der Waals surface area contributed by atoms with Crippen LogP contribution in [0.2, 0.25) is 0 Å². The first-order valence-corrected chi connectivity index (χ1v) is 15.1. The number of amides is 2. The standard InChI is InChI=1S/C31H48N2O11/c1-26(2,3)41-24(35)32-15-11-30(12-16-32)22(39-28(7,37-9)43-30)19-21(34)20-23-31(44-29(8,38-10)40-23)13-17-33(18-14-31)25(36)42-27(4,5)6/h19-20H,11-18H2,1-10H3/b22-19+,23-20+. The van der Waals surface area contributed by atoms with Gasteiger partial charge in [0.1, 0.15) is 33.9 Å². The summed E-state index contributed by atoms with van der Waals surface area (Å²) in [6.07, 6.45) is 3.40. The summed E-state index contributed by atoms with van der Waals surface area (Å²) >= 11 is 0. The molecule has 4 fully saturated rings. The number of hydrogen-bond acceptors (Lipinski definition) is 11. The lowest BCUT2D eigenvalue weighted by atomic mass is 9.87. The van der Waals surface area contributed by atoms with E-state index in [1.807, 2.05) is 41.5 Å². The van der Waals surface area contributed by atoms with Gasteiger partial charge in [0, 0.05) is 92.1 Å². The fourth-order valence-corrected chi connectivity index (χ4v) is 5.68. The lowest BCUT2D eigenvalue weighted by Gasteiger charge is -2.38. The van der Waals surface area contributed by atoms with Gasteiger partial charge in [-0.25, -0.2) is 9.59 Å². The number of nitrogens with zero attached hydrogens (tertiary/aromatic N) is 2. The molecule has 4 aliphatic heterocycles. The van der Waals surface area contributed by atoms with Gasteiger partial charge >= 0.3 is 24.1 Å². The number of rotatable bonds is 4. The van der Waals surface area contributed by atoms with E-state index in [9.17, 15) is 14.4 Å². The molecule has 0 saturated carbocycles. The van der Waals surface area contributed by atoms with Crippen molar-refractivity contribution in [3.63, 3.8) is 0 Å². The molecule has 4 saturated heterocycles. The molecule has 2 spiro atoms. The van der Waals surface area contributed by atoms with Crippen molar-refractivity contribution in [2.24, 2.45) is 0 Å². The van der Waals surface area contributed by atoms with Crippen LogP contribution >= 0.6 is 0 Å². The summed E-state index contributed by atoms with van der Waals surface area (Å²) < 4.78 is 46.7. The summed E-state index contributed by atoms with van der Waals surface area (Å²) in [4.78, 5) is 42.1. The average Bonchev–Trinajstić information content (AvgIpc) is 3.33. The predicted molar refractivity (Wildman–Crippen MR) is 156 cm³/mol. The molecule has 13 nitrogen and oxygen atoms in total. The van der Waals surface area contributed by atoms with Crippen LogP contribution in [-0.4, -0.2) is 103 Å². The Morgan fingerprint density at radius 3 is 1.25 bits per heavy atom. The molecule has 2 unspecified atom stereocenters. The normalized spacial score (nSPS) is 30.0. The molecule has 0 radical (unpaired) electrons. The van der Waals surface area contributed by atoms with Crippen molar-refractivity contribution in [3.8, 4) is 0 Å². The first kappa shape index (κ1) is 34.0. The molecule has 13 heteroatoms. The zero-order chi connectivity index (χ0) is 32.8. The smallest absolute Gasteiger partial charge is 0.410 e. The quantitative estimate of drug-likeness (QED) is 0.407. The Balaban J connectivity index is 1.54. The Hall–Kier alpha value is -2.87. The van der Waals surface area contributed by atoms with Crippen LogP contribution in [0, 0.1) is 0 Å². The predicted octanol–water partition coefficient (Wildman–Crippen LogP) is 4.60. The summed E-state index contributed by atoms with van der Waals surface area (Å²) in [5.74, 6) is -2.63. The molecule has 0 N–H and O–H groups in total. The lowest BCUT2D eigenvalue weighted by Crippen LogP contribution is -2.49. The van der Waals surface area contributed by atoms with Gasteiger partial charge in [0.25, 0.3) is 0 Å². The number of hydrogen-bond donors (Lipinski definition) is 0. The molecule has 2 atom stereocenters. The molecule has 4 heterocycles. The molecule has 2 amide bonds. The van der Waals surface area contributed by atoms with Crippen molar-refractivity contribution in [3.05, 3.63) is 23.7 Å². The van der Waals surface area contributed by atoms with Crippen LogP contribution in [0.5, 0.6) is 0 Å². The Labute approximate surface area is 259 Å². The topological polar surface area (TPSA) is 132 Å². The van der Waals surface area contributed by atoms with Gasteiger partial charge in [-0.3, -0.25) is 4.79 Å². The largest absolute Gasteiger partial charge is 0.444 e. The van der Waals surface area contributed by atoms with Gasteiger partial charge in [0.2, 0.25) is 0 Å². The van der Waals surface area contributed by atoms with E-state index in [4.69, 9.17) is 37.9 Å². The first-order chi connectivity index (χ1) is 20.2. The number of ether oxygens (including phenoxy) is 8. The zero-order valence-electron chi connectivity index (χ0n) is 27.7. The number of ketones is 1. The second kappa shape index (κ2) is 11.8. The van der Waals surface area contributed by atoms with E-state index in [-0.39, 0.29) is 0 Å². The van der Waals surface area contributed by atoms with Gasteiger partial charge < -0.3 is 47.7 Å². The molecule has 44 heavy (non-hydrogen) atoms. The highest BCUT2D eigenvalue weighted by atomic mass is 16.9. The van der Waals surface area contributed by atoms with E-state index < -0.39 is 52.3 Å². The van der Waals surface area contributed by atoms with Crippen molar-refractivity contribution >= 4 is 18.0 Å². The van der Waals surface area contributed by atoms with Gasteiger partial charge in [-0.05, 0) is 41.5 Å². The van der Waals surface area contributed by atoms with Crippen LogP contribution < -0.4 is 0 Å². The van der Waals surface area contributed by atoms with Gasteiger partial charge in [-0.1, -0.05) is 0 Å². The molecular weight excluding hydrogens is 576 g/mol. The van der Waals surface area contributed by atoms with Gasteiger partial charge in [0.15, 0.2) is 5.78 Å². The maximum atomic E-state index is 13.6. The Morgan fingerprint density at radius 1 is 0.659 bits per heavy atom. The van der Waals surface area contributed by atoms with Crippen molar-refractivity contribution < 1.29 is 52.3 Å². The second-order valence-electron chi connectivity index (χ2n) is 13.9. The highest BCUT2D eigenvalue weighted by Crippen LogP contribution is 2.48. The third-order valence-electron chi connectivity index (χ3n) is 7.98. The van der Waals surface area contributed by atoms with E-state index in [1.165, 1.54) is 26.4 Å². The number of piperidine rings is 2. The third kappa shape index (κ3) is 7.49. The van der Waals surface area contributed by atoms with Gasteiger partial charge in [-0.2, -0.15) is 0 Å². The van der Waals surface area contributed by atoms with E-state index in [1.54, 1.807) is 23.6 Å². The fraction of sp³-hybridized carbons (Fsp3) is 0.774. The summed E-state index contributed by atoms with van der Waals surface area (Å²) in [6.45, 7) is 15.5. The summed E-state index contributed by atoms with van der Waals surface area (Å²) in [5, 5.41) is 0. The second-order valence-corrected chi connectivity index (χ2v) is 13.9. The van der Waals surface area contributed by atoms with Crippen LogP contribution in [-0.2, 0) is 42.7 Å². The maximum absolute atomic E-state index is 13.6. The SMILES string of the molecule is COC1(C)O/C(=C/C(=O)/C=C2/OC(C)(OC)OC23CCN(C(=O)OC(C)(C)C)CC3)C2(CCN(C(=O)OC(C)(C)C)CC2)O1. The van der Waals surface area contributed by atoms with Crippen molar-refractivity contribution in [2.45, 2.75) is 115 Å². The molecule has 248 valence electrons. The van der Waals surface area contributed by atoms with Crippen LogP contribution in [0.25, 0.3) is 0 Å². The Morgan fingerprint density at radius 2 is 0.977 bits per heavy atom. The van der Waals surface area contributed by atoms with Crippen molar-refractivity contribution in [2.75, 3.05) is 40.4 Å². The summed E-state index contributed by atoms with van der Waals surface area (Å²) in [5.41, 5.74) is -3.20. The van der Waals surface area contributed by atoms with E-state index in [0.29, 0.717) is 63.4 Å². The number of carbonyl (C=O) groups excluding carboxylic acids is 3. The molecule has 4 rings (SSSR count). The molecule has 4 aliphatic rings. The highest BCUT2D eigenvalue weighted by molar-refractivity contribution is 6.00.